The molecule has 34 heavy (non-hydrogen) atoms. The fourth-order valence-corrected chi connectivity index (χ4v) is 6.01. The minimum atomic E-state index is -1.29. The zero-order valence-electron chi connectivity index (χ0n) is 20.7. The van der Waals surface area contributed by atoms with Gasteiger partial charge in [0.05, 0.1) is 31.3 Å². The number of esters is 1. The summed E-state index contributed by atoms with van der Waals surface area (Å²) in [6, 6.07) is -1.58. The summed E-state index contributed by atoms with van der Waals surface area (Å²) in [7, 11) is 0. The number of fused-ring (bicyclic) bond motifs is 2. The summed E-state index contributed by atoms with van der Waals surface area (Å²) < 4.78 is 12.2. The van der Waals surface area contributed by atoms with Gasteiger partial charge in [-0.25, -0.2) is 0 Å². The van der Waals surface area contributed by atoms with Crippen molar-refractivity contribution in [1.82, 2.24) is 9.80 Å². The molecule has 4 heterocycles. The Hall–Kier alpha value is -2.19. The van der Waals surface area contributed by atoms with Gasteiger partial charge >= 0.3 is 5.97 Å². The van der Waals surface area contributed by atoms with E-state index >= 15 is 0 Å². The molecule has 0 bridgehead atoms. The standard InChI is InChI=1S/C26H38N2O6/c1-5-17(4)18(15-29)28-22-24(31)27(16(2)3)13-10-12-26(22)21(23(28)30)20-19(34-26)11-8-6-7-9-14-33-25(20)32/h8,10-12,16-22,29H,5-7,9,13-15H2,1-4H3/b11-8-/t17-,18-,19-,20+,21-,22?,26-/m0/s1. The van der Waals surface area contributed by atoms with Crippen molar-refractivity contribution in [3.8, 4) is 0 Å². The van der Waals surface area contributed by atoms with Crippen LogP contribution in [-0.4, -0.2) is 82.3 Å². The largest absolute Gasteiger partial charge is 0.465 e. The van der Waals surface area contributed by atoms with Crippen molar-refractivity contribution in [2.24, 2.45) is 17.8 Å². The average Bonchev–Trinajstić information content (AvgIpc) is 3.19. The van der Waals surface area contributed by atoms with E-state index in [1.54, 1.807) is 4.90 Å². The molecule has 0 radical (unpaired) electrons. The van der Waals surface area contributed by atoms with Crippen LogP contribution in [0.3, 0.4) is 0 Å². The van der Waals surface area contributed by atoms with Crippen LogP contribution >= 0.6 is 0 Å². The molecule has 188 valence electrons. The minimum Gasteiger partial charge on any atom is -0.465 e. The van der Waals surface area contributed by atoms with E-state index in [0.29, 0.717) is 13.2 Å². The second-order valence-electron chi connectivity index (χ2n) is 10.3. The molecule has 0 saturated carbocycles. The first kappa shape index (κ1) is 24.9. The topological polar surface area (TPSA) is 96.4 Å². The Morgan fingerprint density at radius 3 is 2.59 bits per heavy atom. The number of amides is 2. The van der Waals surface area contributed by atoms with E-state index in [1.165, 1.54) is 4.90 Å². The van der Waals surface area contributed by atoms with Gasteiger partial charge in [-0.1, -0.05) is 44.6 Å². The van der Waals surface area contributed by atoms with Gasteiger partial charge in [-0.3, -0.25) is 14.4 Å². The Kier molecular flexibility index (Phi) is 7.20. The average molecular weight is 475 g/mol. The maximum Gasteiger partial charge on any atom is 0.312 e. The van der Waals surface area contributed by atoms with Gasteiger partial charge < -0.3 is 24.4 Å². The summed E-state index contributed by atoms with van der Waals surface area (Å²) in [5, 5.41) is 10.3. The van der Waals surface area contributed by atoms with Crippen LogP contribution in [0.5, 0.6) is 0 Å². The van der Waals surface area contributed by atoms with Crippen LogP contribution in [0.15, 0.2) is 24.3 Å². The Morgan fingerprint density at radius 2 is 1.91 bits per heavy atom. The van der Waals surface area contributed by atoms with Crippen LogP contribution in [0, 0.1) is 17.8 Å². The molecule has 1 unspecified atom stereocenters. The molecule has 0 aromatic rings. The second-order valence-corrected chi connectivity index (χ2v) is 10.3. The third-order valence-electron chi connectivity index (χ3n) is 8.04. The predicted octanol–water partition coefficient (Wildman–Crippen LogP) is 2.06. The van der Waals surface area contributed by atoms with Crippen LogP contribution in [0.2, 0.25) is 0 Å². The molecule has 0 aromatic carbocycles. The van der Waals surface area contributed by atoms with Crippen molar-refractivity contribution < 1.29 is 29.0 Å². The summed E-state index contributed by atoms with van der Waals surface area (Å²) in [6.45, 7) is 8.28. The van der Waals surface area contributed by atoms with Crippen LogP contribution in [-0.2, 0) is 23.9 Å². The molecule has 7 atom stereocenters. The molecule has 4 aliphatic rings. The highest BCUT2D eigenvalue weighted by Gasteiger charge is 2.72. The quantitative estimate of drug-likeness (QED) is 0.484. The van der Waals surface area contributed by atoms with Crippen LogP contribution in [0.25, 0.3) is 0 Å². The molecule has 2 fully saturated rings. The van der Waals surface area contributed by atoms with E-state index in [2.05, 4.69) is 0 Å². The maximum atomic E-state index is 14.2. The first-order valence-electron chi connectivity index (χ1n) is 12.7. The number of allylic oxidation sites excluding steroid dienone is 1. The first-order chi connectivity index (χ1) is 16.3. The van der Waals surface area contributed by atoms with Crippen LogP contribution in [0.1, 0.15) is 53.4 Å². The highest BCUT2D eigenvalue weighted by atomic mass is 16.6. The smallest absolute Gasteiger partial charge is 0.312 e. The first-order valence-corrected chi connectivity index (χ1v) is 12.7. The number of likely N-dealkylation sites (tertiary alicyclic amines) is 1. The van der Waals surface area contributed by atoms with Crippen molar-refractivity contribution in [2.45, 2.75) is 83.2 Å². The van der Waals surface area contributed by atoms with Gasteiger partial charge in [0.1, 0.15) is 17.6 Å². The lowest BCUT2D eigenvalue weighted by molar-refractivity contribution is -0.157. The molecule has 8 nitrogen and oxygen atoms in total. The van der Waals surface area contributed by atoms with E-state index < -0.39 is 41.6 Å². The summed E-state index contributed by atoms with van der Waals surface area (Å²) >= 11 is 0. The number of ether oxygens (including phenoxy) is 2. The highest BCUT2D eigenvalue weighted by molar-refractivity contribution is 5.99. The van der Waals surface area contributed by atoms with Gasteiger partial charge in [0.15, 0.2) is 0 Å². The summed E-state index contributed by atoms with van der Waals surface area (Å²) in [6.07, 6.45) is 10.2. The van der Waals surface area contributed by atoms with E-state index in [-0.39, 0.29) is 30.4 Å². The van der Waals surface area contributed by atoms with E-state index in [0.717, 1.165) is 25.7 Å². The fraction of sp³-hybridized carbons (Fsp3) is 0.731. The van der Waals surface area contributed by atoms with Crippen molar-refractivity contribution in [3.05, 3.63) is 24.3 Å². The van der Waals surface area contributed by atoms with Crippen molar-refractivity contribution in [1.29, 1.82) is 0 Å². The van der Waals surface area contributed by atoms with Gasteiger partial charge in [-0.15, -0.1) is 0 Å². The predicted molar refractivity (Wildman–Crippen MR) is 125 cm³/mol. The van der Waals surface area contributed by atoms with Gasteiger partial charge in [-0.05, 0) is 39.0 Å². The number of aliphatic hydroxyl groups is 1. The van der Waals surface area contributed by atoms with Gasteiger partial charge in [-0.2, -0.15) is 0 Å². The Morgan fingerprint density at radius 1 is 1.15 bits per heavy atom. The maximum absolute atomic E-state index is 14.2. The lowest BCUT2D eigenvalue weighted by Gasteiger charge is -2.41. The van der Waals surface area contributed by atoms with E-state index in [9.17, 15) is 19.5 Å². The Bertz CT molecular complexity index is 869. The molecule has 1 N–H and O–H groups in total. The molecule has 8 heteroatoms. The van der Waals surface area contributed by atoms with Gasteiger partial charge in [0.2, 0.25) is 11.8 Å². The highest BCUT2D eigenvalue weighted by Crippen LogP contribution is 2.54. The molecule has 2 amide bonds. The van der Waals surface area contributed by atoms with Gasteiger partial charge in [0, 0.05) is 12.6 Å². The molecule has 1 spiro atoms. The number of carbonyl (C=O) groups is 3. The fourth-order valence-electron chi connectivity index (χ4n) is 6.01. The third kappa shape index (κ3) is 3.88. The monoisotopic (exact) mass is 474 g/mol. The van der Waals surface area contributed by atoms with Crippen molar-refractivity contribution in [2.75, 3.05) is 19.8 Å². The molecular formula is C26H38N2O6. The zero-order valence-corrected chi connectivity index (χ0v) is 20.7. The Labute approximate surface area is 201 Å². The van der Waals surface area contributed by atoms with Crippen LogP contribution < -0.4 is 0 Å². The summed E-state index contributed by atoms with van der Waals surface area (Å²) in [5.41, 5.74) is -1.29. The zero-order chi connectivity index (χ0) is 24.6. The van der Waals surface area contributed by atoms with E-state index in [1.807, 2.05) is 52.0 Å². The lowest BCUT2D eigenvalue weighted by atomic mass is 9.77. The second kappa shape index (κ2) is 9.82. The number of aliphatic hydroxyl groups excluding tert-OH is 1. The molecular weight excluding hydrogens is 436 g/mol. The molecule has 0 aromatic heterocycles. The van der Waals surface area contributed by atoms with Crippen molar-refractivity contribution >= 4 is 17.8 Å². The number of rotatable bonds is 5. The normalized spacial score (nSPS) is 36.5. The number of carbonyl (C=O) groups excluding carboxylic acids is 3. The summed E-state index contributed by atoms with van der Waals surface area (Å²) in [5.74, 6) is -2.74. The summed E-state index contributed by atoms with van der Waals surface area (Å²) in [4.78, 5) is 44.7. The van der Waals surface area contributed by atoms with Crippen LogP contribution in [0.4, 0.5) is 0 Å². The molecule has 0 aliphatic carbocycles. The molecule has 4 rings (SSSR count). The van der Waals surface area contributed by atoms with Gasteiger partial charge in [0.25, 0.3) is 0 Å². The van der Waals surface area contributed by atoms with E-state index in [4.69, 9.17) is 9.47 Å². The lowest BCUT2D eigenvalue weighted by Crippen LogP contribution is -2.60. The van der Waals surface area contributed by atoms with Crippen molar-refractivity contribution in [3.63, 3.8) is 0 Å². The third-order valence-corrected chi connectivity index (χ3v) is 8.04. The molecule has 2 saturated heterocycles. The number of hydrogen-bond donors (Lipinski definition) is 1. The number of hydrogen-bond acceptors (Lipinski definition) is 6. The number of cyclic esters (lactones) is 1. The number of nitrogens with zero attached hydrogens (tertiary/aromatic N) is 2. The SMILES string of the molecule is CC[C@H](C)[C@H](CO)N1C(=O)[C@@H]2[C@@H]3C(=O)OCCCC/C=C\[C@@H]3O[C@@]23C=CCN(C(C)C)C(=O)C13. The minimum absolute atomic E-state index is 0.0379. The molecule has 4 aliphatic heterocycles. The Balaban J connectivity index is 1.87.